The zero-order valence-electron chi connectivity index (χ0n) is 14.7. The number of anilines is 1. The van der Waals surface area contributed by atoms with Gasteiger partial charge in [-0.25, -0.2) is 4.39 Å². The third-order valence-corrected chi connectivity index (χ3v) is 4.10. The second-order valence-electron chi connectivity index (χ2n) is 6.19. The van der Waals surface area contributed by atoms with Gasteiger partial charge in [0.05, 0.1) is 12.7 Å². The predicted molar refractivity (Wildman–Crippen MR) is 96.9 cm³/mol. The number of amides is 2. The summed E-state index contributed by atoms with van der Waals surface area (Å²) in [5.74, 6) is -0.597. The molecule has 0 aromatic heterocycles. The third-order valence-electron chi connectivity index (χ3n) is 4.10. The van der Waals surface area contributed by atoms with Gasteiger partial charge in [-0.05, 0) is 49.7 Å². The number of nitrogens with zero attached hydrogens (tertiary/aromatic N) is 1. The molecule has 6 heteroatoms. The maximum absolute atomic E-state index is 13.5. The lowest BCUT2D eigenvalue weighted by Crippen LogP contribution is -2.38. The van der Waals surface area contributed by atoms with E-state index in [-0.39, 0.29) is 23.2 Å². The van der Waals surface area contributed by atoms with Gasteiger partial charge < -0.3 is 10.1 Å². The summed E-state index contributed by atoms with van der Waals surface area (Å²) in [6.45, 7) is 3.54. The first-order chi connectivity index (χ1) is 12.4. The molecule has 2 amide bonds. The number of carbonyl (C=O) groups is 2. The molecule has 0 saturated heterocycles. The highest BCUT2D eigenvalue weighted by Crippen LogP contribution is 2.32. The lowest BCUT2D eigenvalue weighted by atomic mass is 10.0. The molecule has 1 N–H and O–H groups in total. The number of methoxy groups -OCH3 is 1. The number of hydrogen-bond acceptors (Lipinski definition) is 4. The van der Waals surface area contributed by atoms with Crippen LogP contribution in [-0.2, 0) is 9.59 Å². The fraction of sp³-hybridized carbons (Fsp3) is 0.200. The second-order valence-corrected chi connectivity index (χ2v) is 6.19. The largest absolute Gasteiger partial charge is 0.497 e. The zero-order chi connectivity index (χ0) is 18.8. The van der Waals surface area contributed by atoms with Gasteiger partial charge in [-0.2, -0.15) is 0 Å². The predicted octanol–water partition coefficient (Wildman–Crippen LogP) is 3.43. The highest BCUT2D eigenvalue weighted by Gasteiger charge is 2.40. The van der Waals surface area contributed by atoms with Crippen LogP contribution in [0.2, 0.25) is 0 Å². The lowest BCUT2D eigenvalue weighted by Gasteiger charge is -2.19. The number of halogens is 1. The first-order valence-corrected chi connectivity index (χ1v) is 8.21. The van der Waals surface area contributed by atoms with Crippen molar-refractivity contribution in [1.82, 2.24) is 4.90 Å². The van der Waals surface area contributed by atoms with Crippen LogP contribution in [0, 0.1) is 5.82 Å². The Balaban J connectivity index is 2.09. The molecule has 1 aliphatic rings. The van der Waals surface area contributed by atoms with Gasteiger partial charge in [0, 0.05) is 11.7 Å². The highest BCUT2D eigenvalue weighted by molar-refractivity contribution is 6.36. The van der Waals surface area contributed by atoms with Crippen LogP contribution in [-0.4, -0.2) is 29.9 Å². The van der Waals surface area contributed by atoms with Gasteiger partial charge >= 0.3 is 0 Å². The molecule has 0 unspecified atom stereocenters. The van der Waals surface area contributed by atoms with Crippen molar-refractivity contribution in [1.29, 1.82) is 0 Å². The van der Waals surface area contributed by atoms with Gasteiger partial charge in [-0.1, -0.05) is 18.2 Å². The Hall–Kier alpha value is -3.15. The van der Waals surface area contributed by atoms with Crippen LogP contribution in [0.5, 0.6) is 5.75 Å². The molecule has 0 atom stereocenters. The summed E-state index contributed by atoms with van der Waals surface area (Å²) in [5, 5.41) is 2.92. The molecule has 1 heterocycles. The number of carbonyl (C=O) groups excluding carboxylic acids is 2. The Morgan fingerprint density at radius 3 is 2.31 bits per heavy atom. The van der Waals surface area contributed by atoms with Crippen molar-refractivity contribution in [2.45, 2.75) is 19.9 Å². The molecule has 0 radical (unpaired) electrons. The summed E-state index contributed by atoms with van der Waals surface area (Å²) >= 11 is 0. The summed E-state index contributed by atoms with van der Waals surface area (Å²) in [6, 6.07) is 12.3. The number of imide groups is 1. The van der Waals surface area contributed by atoms with E-state index >= 15 is 0 Å². The molecule has 5 nitrogen and oxygen atoms in total. The first-order valence-electron chi connectivity index (χ1n) is 8.21. The standard InChI is InChI=1S/C20H19FN2O3/c1-12(2)23-19(24)17(13-7-9-16(26-3)10-8-13)18(20(23)25)22-15-6-4-5-14(21)11-15/h4-12,22H,1-3H3. The molecule has 0 bridgehead atoms. The van der Waals surface area contributed by atoms with Crippen molar-refractivity contribution in [3.05, 3.63) is 65.6 Å². The maximum Gasteiger partial charge on any atom is 0.278 e. The molecular formula is C20H19FN2O3. The van der Waals surface area contributed by atoms with E-state index in [4.69, 9.17) is 4.74 Å². The van der Waals surface area contributed by atoms with E-state index in [0.717, 1.165) is 0 Å². The smallest absolute Gasteiger partial charge is 0.278 e. The summed E-state index contributed by atoms with van der Waals surface area (Å²) in [5.41, 5.74) is 1.39. The van der Waals surface area contributed by atoms with E-state index in [1.165, 1.54) is 23.1 Å². The number of rotatable bonds is 5. The Labute approximate surface area is 151 Å². The fourth-order valence-electron chi connectivity index (χ4n) is 2.87. The highest BCUT2D eigenvalue weighted by atomic mass is 19.1. The van der Waals surface area contributed by atoms with Crippen LogP contribution in [0.1, 0.15) is 19.4 Å². The maximum atomic E-state index is 13.5. The lowest BCUT2D eigenvalue weighted by molar-refractivity contribution is -0.138. The average molecular weight is 354 g/mol. The molecule has 2 aromatic rings. The van der Waals surface area contributed by atoms with Gasteiger partial charge in [0.1, 0.15) is 17.3 Å². The van der Waals surface area contributed by atoms with Crippen LogP contribution in [0.25, 0.3) is 5.57 Å². The molecule has 2 aromatic carbocycles. The van der Waals surface area contributed by atoms with Crippen molar-refractivity contribution in [3.63, 3.8) is 0 Å². The van der Waals surface area contributed by atoms with Crippen molar-refractivity contribution >= 4 is 23.1 Å². The minimum absolute atomic E-state index is 0.138. The van der Waals surface area contributed by atoms with Crippen molar-refractivity contribution in [3.8, 4) is 5.75 Å². The molecule has 0 fully saturated rings. The zero-order valence-corrected chi connectivity index (χ0v) is 14.7. The topological polar surface area (TPSA) is 58.6 Å². The molecular weight excluding hydrogens is 335 g/mol. The number of benzene rings is 2. The summed E-state index contributed by atoms with van der Waals surface area (Å²) in [6.07, 6.45) is 0. The molecule has 1 aliphatic heterocycles. The molecule has 0 aliphatic carbocycles. The summed E-state index contributed by atoms with van der Waals surface area (Å²) < 4.78 is 18.6. The monoisotopic (exact) mass is 354 g/mol. The van der Waals surface area contributed by atoms with Crippen LogP contribution < -0.4 is 10.1 Å². The Kier molecular flexibility index (Phi) is 4.75. The van der Waals surface area contributed by atoms with Crippen LogP contribution in [0.3, 0.4) is 0 Å². The molecule has 26 heavy (non-hydrogen) atoms. The number of hydrogen-bond donors (Lipinski definition) is 1. The minimum atomic E-state index is -0.431. The Morgan fingerprint density at radius 2 is 1.73 bits per heavy atom. The number of nitrogens with one attached hydrogen (secondary N) is 1. The Bertz CT molecular complexity index is 888. The van der Waals surface area contributed by atoms with Crippen LogP contribution in [0.15, 0.2) is 54.2 Å². The van der Waals surface area contributed by atoms with Crippen LogP contribution >= 0.6 is 0 Å². The quantitative estimate of drug-likeness (QED) is 0.836. The normalized spacial score (nSPS) is 14.4. The van der Waals surface area contributed by atoms with Crippen LogP contribution in [0.4, 0.5) is 10.1 Å². The summed E-state index contributed by atoms with van der Waals surface area (Å²) in [7, 11) is 1.55. The van der Waals surface area contributed by atoms with Gasteiger partial charge in [-0.3, -0.25) is 14.5 Å². The van der Waals surface area contributed by atoms with E-state index in [1.807, 2.05) is 0 Å². The molecule has 3 rings (SSSR count). The van der Waals surface area contributed by atoms with E-state index in [2.05, 4.69) is 5.32 Å². The number of ether oxygens (including phenoxy) is 1. The third kappa shape index (κ3) is 3.18. The SMILES string of the molecule is COc1ccc(C2=C(Nc3cccc(F)c3)C(=O)N(C(C)C)C2=O)cc1. The average Bonchev–Trinajstić information content (AvgIpc) is 2.85. The van der Waals surface area contributed by atoms with E-state index in [9.17, 15) is 14.0 Å². The van der Waals surface area contributed by atoms with Crippen molar-refractivity contribution in [2.24, 2.45) is 0 Å². The second kappa shape index (κ2) is 7.00. The Morgan fingerprint density at radius 1 is 1.04 bits per heavy atom. The van der Waals surface area contributed by atoms with E-state index in [1.54, 1.807) is 51.3 Å². The van der Waals surface area contributed by atoms with E-state index in [0.29, 0.717) is 17.0 Å². The van der Waals surface area contributed by atoms with Gasteiger partial charge in [0.2, 0.25) is 0 Å². The van der Waals surface area contributed by atoms with Crippen molar-refractivity contribution < 1.29 is 18.7 Å². The molecule has 0 saturated carbocycles. The molecule has 134 valence electrons. The van der Waals surface area contributed by atoms with E-state index < -0.39 is 11.7 Å². The first kappa shape index (κ1) is 17.7. The van der Waals surface area contributed by atoms with Gasteiger partial charge in [-0.15, -0.1) is 0 Å². The fourth-order valence-corrected chi connectivity index (χ4v) is 2.87. The van der Waals surface area contributed by atoms with Gasteiger partial charge in [0.25, 0.3) is 11.8 Å². The van der Waals surface area contributed by atoms with Gasteiger partial charge in [0.15, 0.2) is 0 Å². The minimum Gasteiger partial charge on any atom is -0.497 e. The summed E-state index contributed by atoms with van der Waals surface area (Å²) in [4.78, 5) is 26.9. The van der Waals surface area contributed by atoms with Crippen molar-refractivity contribution in [2.75, 3.05) is 12.4 Å². The molecule has 0 spiro atoms.